The van der Waals surface area contributed by atoms with E-state index in [2.05, 4.69) is 14.8 Å². The molecule has 0 bridgehead atoms. The standard InChI is InChI=1S/C17H16Cl2N4O2S/c1-11-9-14(18)12(2)17(16(11)19)26(24,25)22-15-5-8-23(21-15)10-13-3-6-20-7-4-13/h3-9H,10H2,1-2H3,(H,21,22). The van der Waals surface area contributed by atoms with Crippen LogP contribution in [0.15, 0.2) is 47.8 Å². The van der Waals surface area contributed by atoms with Crippen molar-refractivity contribution in [3.63, 3.8) is 0 Å². The number of benzene rings is 1. The first-order chi connectivity index (χ1) is 12.3. The predicted octanol–water partition coefficient (Wildman–Crippen LogP) is 4.05. The molecule has 0 aliphatic heterocycles. The van der Waals surface area contributed by atoms with Crippen LogP contribution in [0.5, 0.6) is 0 Å². The summed E-state index contributed by atoms with van der Waals surface area (Å²) in [5.41, 5.74) is 1.98. The Balaban J connectivity index is 1.88. The summed E-state index contributed by atoms with van der Waals surface area (Å²) in [6, 6.07) is 6.95. The average molecular weight is 411 g/mol. The minimum Gasteiger partial charge on any atom is -0.266 e. The van der Waals surface area contributed by atoms with Crippen molar-refractivity contribution in [2.75, 3.05) is 4.72 Å². The second-order valence-electron chi connectivity index (χ2n) is 5.80. The second-order valence-corrected chi connectivity index (χ2v) is 8.21. The molecule has 2 heterocycles. The van der Waals surface area contributed by atoms with Crippen LogP contribution in [-0.2, 0) is 16.6 Å². The SMILES string of the molecule is Cc1cc(Cl)c(C)c(S(=O)(=O)Nc2ccn(Cc3ccncc3)n2)c1Cl. The molecule has 0 aliphatic rings. The normalized spacial score (nSPS) is 11.5. The highest BCUT2D eigenvalue weighted by molar-refractivity contribution is 7.92. The van der Waals surface area contributed by atoms with Crippen LogP contribution in [0.1, 0.15) is 16.7 Å². The maximum absolute atomic E-state index is 12.8. The molecule has 9 heteroatoms. The Labute approximate surface area is 161 Å². The van der Waals surface area contributed by atoms with Gasteiger partial charge in [0.05, 0.1) is 11.6 Å². The number of hydrogen-bond acceptors (Lipinski definition) is 4. The Morgan fingerprint density at radius 3 is 2.54 bits per heavy atom. The lowest BCUT2D eigenvalue weighted by Crippen LogP contribution is -2.16. The van der Waals surface area contributed by atoms with E-state index in [1.165, 1.54) is 0 Å². The van der Waals surface area contributed by atoms with Gasteiger partial charge in [-0.2, -0.15) is 5.10 Å². The third-order valence-corrected chi connectivity index (χ3v) is 6.35. The fourth-order valence-electron chi connectivity index (χ4n) is 2.50. The van der Waals surface area contributed by atoms with Crippen LogP contribution in [0.3, 0.4) is 0 Å². The van der Waals surface area contributed by atoms with Crippen molar-refractivity contribution in [1.29, 1.82) is 0 Å². The van der Waals surface area contributed by atoms with Crippen molar-refractivity contribution in [2.24, 2.45) is 0 Å². The molecule has 6 nitrogen and oxygen atoms in total. The number of nitrogens with zero attached hydrogens (tertiary/aromatic N) is 3. The Morgan fingerprint density at radius 2 is 1.85 bits per heavy atom. The van der Waals surface area contributed by atoms with Gasteiger partial charge in [-0.3, -0.25) is 14.4 Å². The van der Waals surface area contributed by atoms with Crippen LogP contribution < -0.4 is 4.72 Å². The van der Waals surface area contributed by atoms with Crippen molar-refractivity contribution in [1.82, 2.24) is 14.8 Å². The Morgan fingerprint density at radius 1 is 1.15 bits per heavy atom. The number of nitrogens with one attached hydrogen (secondary N) is 1. The Kier molecular flexibility index (Phi) is 5.22. The van der Waals surface area contributed by atoms with Crippen molar-refractivity contribution in [3.05, 3.63) is 69.6 Å². The lowest BCUT2D eigenvalue weighted by molar-refractivity contribution is 0.600. The van der Waals surface area contributed by atoms with Gasteiger partial charge in [0, 0.05) is 29.7 Å². The molecule has 136 valence electrons. The van der Waals surface area contributed by atoms with E-state index in [9.17, 15) is 8.42 Å². The smallest absolute Gasteiger partial charge is 0.264 e. The number of rotatable bonds is 5. The molecule has 3 rings (SSSR count). The van der Waals surface area contributed by atoms with Crippen LogP contribution >= 0.6 is 23.2 Å². The molecule has 0 fully saturated rings. The van der Waals surface area contributed by atoms with Gasteiger partial charge in [0.2, 0.25) is 0 Å². The lowest BCUT2D eigenvalue weighted by atomic mass is 10.2. The number of aromatic nitrogens is 3. The maximum Gasteiger partial charge on any atom is 0.264 e. The molecule has 26 heavy (non-hydrogen) atoms. The quantitative estimate of drug-likeness (QED) is 0.687. The molecule has 0 amide bonds. The largest absolute Gasteiger partial charge is 0.266 e. The van der Waals surface area contributed by atoms with E-state index in [1.54, 1.807) is 49.3 Å². The number of pyridine rings is 1. The summed E-state index contributed by atoms with van der Waals surface area (Å²) in [6.45, 7) is 3.82. The van der Waals surface area contributed by atoms with Crippen molar-refractivity contribution in [2.45, 2.75) is 25.3 Å². The third kappa shape index (κ3) is 3.85. The minimum atomic E-state index is -3.93. The van der Waals surface area contributed by atoms with Gasteiger partial charge in [-0.05, 0) is 48.7 Å². The van der Waals surface area contributed by atoms with E-state index in [-0.39, 0.29) is 15.7 Å². The molecule has 2 aromatic heterocycles. The van der Waals surface area contributed by atoms with Gasteiger partial charge in [0.1, 0.15) is 4.90 Å². The number of anilines is 1. The summed E-state index contributed by atoms with van der Waals surface area (Å²) in [5.74, 6) is 0.201. The molecule has 3 aromatic rings. The fourth-order valence-corrected chi connectivity index (χ4v) is 4.71. The van der Waals surface area contributed by atoms with Crippen molar-refractivity contribution < 1.29 is 8.42 Å². The van der Waals surface area contributed by atoms with Gasteiger partial charge in [0.15, 0.2) is 5.82 Å². The lowest BCUT2D eigenvalue weighted by Gasteiger charge is -2.13. The Hall–Kier alpha value is -2.09. The molecule has 0 saturated heterocycles. The number of sulfonamides is 1. The van der Waals surface area contributed by atoms with E-state index in [0.29, 0.717) is 22.7 Å². The van der Waals surface area contributed by atoms with Gasteiger partial charge < -0.3 is 0 Å². The fraction of sp³-hybridized carbons (Fsp3) is 0.176. The molecule has 0 spiro atoms. The topological polar surface area (TPSA) is 76.9 Å². The molecular weight excluding hydrogens is 395 g/mol. The van der Waals surface area contributed by atoms with Gasteiger partial charge in [-0.15, -0.1) is 0 Å². The van der Waals surface area contributed by atoms with Crippen LogP contribution in [0.4, 0.5) is 5.82 Å². The monoisotopic (exact) mass is 410 g/mol. The Bertz CT molecular complexity index is 1020. The molecular formula is C17H16Cl2N4O2S. The molecule has 0 radical (unpaired) electrons. The van der Waals surface area contributed by atoms with Crippen molar-refractivity contribution in [3.8, 4) is 0 Å². The van der Waals surface area contributed by atoms with Gasteiger partial charge >= 0.3 is 0 Å². The zero-order chi connectivity index (χ0) is 18.9. The molecule has 0 atom stereocenters. The van der Waals surface area contributed by atoms with E-state index >= 15 is 0 Å². The van der Waals surface area contributed by atoms with E-state index in [1.807, 2.05) is 12.1 Å². The zero-order valence-corrected chi connectivity index (χ0v) is 16.4. The zero-order valence-electron chi connectivity index (χ0n) is 14.1. The summed E-state index contributed by atoms with van der Waals surface area (Å²) in [6.07, 6.45) is 5.07. The van der Waals surface area contributed by atoms with Gasteiger partial charge in [0.25, 0.3) is 10.0 Å². The first-order valence-electron chi connectivity index (χ1n) is 7.68. The highest BCUT2D eigenvalue weighted by Crippen LogP contribution is 2.34. The average Bonchev–Trinajstić information content (AvgIpc) is 3.00. The number of hydrogen-bond donors (Lipinski definition) is 1. The summed E-state index contributed by atoms with van der Waals surface area (Å²) in [7, 11) is -3.93. The van der Waals surface area contributed by atoms with E-state index < -0.39 is 10.0 Å². The van der Waals surface area contributed by atoms with Crippen molar-refractivity contribution >= 4 is 39.0 Å². The molecule has 0 aliphatic carbocycles. The molecule has 0 saturated carbocycles. The summed E-state index contributed by atoms with van der Waals surface area (Å²) in [5, 5.41) is 4.74. The molecule has 0 unspecified atom stereocenters. The minimum absolute atomic E-state index is 0.0344. The highest BCUT2D eigenvalue weighted by atomic mass is 35.5. The van der Waals surface area contributed by atoms with E-state index in [4.69, 9.17) is 23.2 Å². The summed E-state index contributed by atoms with van der Waals surface area (Å²) in [4.78, 5) is 3.93. The molecule has 1 aromatic carbocycles. The predicted molar refractivity (Wildman–Crippen MR) is 102 cm³/mol. The van der Waals surface area contributed by atoms with Crippen LogP contribution in [0.2, 0.25) is 10.0 Å². The summed E-state index contributed by atoms with van der Waals surface area (Å²) < 4.78 is 29.7. The number of aryl methyl sites for hydroxylation is 1. The van der Waals surface area contributed by atoms with Crippen LogP contribution in [0, 0.1) is 13.8 Å². The summed E-state index contributed by atoms with van der Waals surface area (Å²) >= 11 is 12.3. The first kappa shape index (κ1) is 18.7. The number of halogens is 2. The maximum atomic E-state index is 12.8. The van der Waals surface area contributed by atoms with Gasteiger partial charge in [-0.1, -0.05) is 23.2 Å². The molecule has 1 N–H and O–H groups in total. The second kappa shape index (κ2) is 7.26. The highest BCUT2D eigenvalue weighted by Gasteiger charge is 2.24. The first-order valence-corrected chi connectivity index (χ1v) is 9.92. The van der Waals surface area contributed by atoms with Crippen LogP contribution in [-0.4, -0.2) is 23.2 Å². The third-order valence-electron chi connectivity index (χ3n) is 3.83. The van der Waals surface area contributed by atoms with Gasteiger partial charge in [-0.25, -0.2) is 8.42 Å². The van der Waals surface area contributed by atoms with Crippen LogP contribution in [0.25, 0.3) is 0 Å². The van der Waals surface area contributed by atoms with E-state index in [0.717, 1.165) is 5.56 Å².